The van der Waals surface area contributed by atoms with Crippen molar-refractivity contribution in [3.8, 4) is 0 Å². The number of hydrogen-bond acceptors (Lipinski definition) is 9. The maximum Gasteiger partial charge on any atom is 0.303 e. The molecule has 0 amide bonds. The van der Waals surface area contributed by atoms with E-state index in [1.54, 1.807) is 0 Å². The Labute approximate surface area is 161 Å². The summed E-state index contributed by atoms with van der Waals surface area (Å²) < 4.78 is 21.7. The predicted octanol–water partition coefficient (Wildman–Crippen LogP) is 1.29. The van der Waals surface area contributed by atoms with Gasteiger partial charge in [0.1, 0.15) is 11.5 Å². The number of esters is 3. The second-order valence-electron chi connectivity index (χ2n) is 5.88. The molecule has 0 aromatic heterocycles. The normalized spacial score (nSPS) is 27.5. The van der Waals surface area contributed by atoms with E-state index in [9.17, 15) is 19.5 Å². The molecule has 27 heavy (non-hydrogen) atoms. The van der Waals surface area contributed by atoms with Crippen LogP contribution in [0.4, 0.5) is 0 Å². The summed E-state index contributed by atoms with van der Waals surface area (Å²) in [6.45, 7) is 3.12. The number of aliphatic hydroxyl groups excluding tert-OH is 1. The molecule has 5 atom stereocenters. The highest BCUT2D eigenvalue weighted by Gasteiger charge is 2.51. The lowest BCUT2D eigenvalue weighted by atomic mass is 9.99. The Bertz CT molecular complexity index is 665. The number of benzene rings is 1. The number of carbonyl (C=O) groups is 3. The van der Waals surface area contributed by atoms with E-state index in [-0.39, 0.29) is 0 Å². The Morgan fingerprint density at radius 1 is 0.926 bits per heavy atom. The fourth-order valence-electron chi connectivity index (χ4n) is 2.73. The topological polar surface area (TPSA) is 108 Å². The molecule has 1 heterocycles. The van der Waals surface area contributed by atoms with Crippen LogP contribution in [0.15, 0.2) is 35.2 Å². The zero-order valence-electron chi connectivity index (χ0n) is 15.2. The standard InChI is InChI=1S/C18H22O8S/c1-10(20)23-15-14(9-19)26-18(27-13-7-5-4-6-8-13)17(25-12(3)22)16(15)24-11(2)21/h4-8,14-19H,9H2,1-3H3/t14-,15-,16+,17-,18+/m1/s1. The summed E-state index contributed by atoms with van der Waals surface area (Å²) in [7, 11) is 0. The number of ether oxygens (including phenoxy) is 4. The monoisotopic (exact) mass is 398 g/mol. The average molecular weight is 398 g/mol. The Kier molecular flexibility index (Phi) is 7.64. The van der Waals surface area contributed by atoms with E-state index in [1.165, 1.54) is 32.5 Å². The molecule has 1 aliphatic rings. The zero-order valence-corrected chi connectivity index (χ0v) is 16.0. The summed E-state index contributed by atoms with van der Waals surface area (Å²) in [5.74, 6) is -1.89. The summed E-state index contributed by atoms with van der Waals surface area (Å²) in [5, 5.41) is 9.70. The fraction of sp³-hybridized carbons (Fsp3) is 0.500. The van der Waals surface area contributed by atoms with Crippen LogP contribution in [0.5, 0.6) is 0 Å². The largest absolute Gasteiger partial charge is 0.456 e. The Balaban J connectivity index is 2.38. The van der Waals surface area contributed by atoms with E-state index in [0.29, 0.717) is 0 Å². The molecule has 1 N–H and O–H groups in total. The van der Waals surface area contributed by atoms with E-state index in [2.05, 4.69) is 0 Å². The molecular weight excluding hydrogens is 376 g/mol. The molecule has 1 aliphatic heterocycles. The van der Waals surface area contributed by atoms with Crippen molar-refractivity contribution in [3.05, 3.63) is 30.3 Å². The van der Waals surface area contributed by atoms with Gasteiger partial charge in [-0.1, -0.05) is 30.0 Å². The lowest BCUT2D eigenvalue weighted by molar-refractivity contribution is -0.236. The highest BCUT2D eigenvalue weighted by atomic mass is 32.2. The Morgan fingerprint density at radius 3 is 1.96 bits per heavy atom. The minimum absolute atomic E-state index is 0.478. The third-order valence-electron chi connectivity index (χ3n) is 3.67. The van der Waals surface area contributed by atoms with Crippen LogP contribution in [0.3, 0.4) is 0 Å². The molecule has 0 unspecified atom stereocenters. The minimum atomic E-state index is -1.12. The number of aliphatic hydroxyl groups is 1. The van der Waals surface area contributed by atoms with E-state index < -0.39 is 54.4 Å². The second kappa shape index (κ2) is 9.72. The van der Waals surface area contributed by atoms with E-state index in [0.717, 1.165) is 4.90 Å². The summed E-state index contributed by atoms with van der Waals surface area (Å²) >= 11 is 1.24. The first-order chi connectivity index (χ1) is 12.8. The number of hydrogen-bond donors (Lipinski definition) is 1. The average Bonchev–Trinajstić information content (AvgIpc) is 2.59. The molecule has 0 spiro atoms. The maximum atomic E-state index is 11.6. The first-order valence-electron chi connectivity index (χ1n) is 8.31. The molecule has 0 radical (unpaired) electrons. The Hall–Kier alpha value is -2.10. The molecule has 1 aromatic carbocycles. The van der Waals surface area contributed by atoms with Crippen LogP contribution in [-0.4, -0.2) is 59.5 Å². The molecule has 2 rings (SSSR count). The Morgan fingerprint density at radius 2 is 1.44 bits per heavy atom. The summed E-state index contributed by atoms with van der Waals surface area (Å²) in [5.41, 5.74) is -0.787. The third kappa shape index (κ3) is 5.95. The number of carbonyl (C=O) groups excluding carboxylic acids is 3. The van der Waals surface area contributed by atoms with Gasteiger partial charge in [0.05, 0.1) is 6.61 Å². The van der Waals surface area contributed by atoms with Gasteiger partial charge < -0.3 is 24.1 Å². The van der Waals surface area contributed by atoms with Gasteiger partial charge in [-0.25, -0.2) is 0 Å². The van der Waals surface area contributed by atoms with Crippen LogP contribution < -0.4 is 0 Å². The molecule has 0 bridgehead atoms. The molecular formula is C18H22O8S. The van der Waals surface area contributed by atoms with Crippen LogP contribution in [0.2, 0.25) is 0 Å². The highest BCUT2D eigenvalue weighted by molar-refractivity contribution is 7.99. The summed E-state index contributed by atoms with van der Waals surface area (Å²) in [4.78, 5) is 35.6. The van der Waals surface area contributed by atoms with Crippen molar-refractivity contribution in [2.75, 3.05) is 6.61 Å². The van der Waals surface area contributed by atoms with Crippen molar-refractivity contribution in [2.24, 2.45) is 0 Å². The first kappa shape index (κ1) is 21.2. The number of thioether (sulfide) groups is 1. The molecule has 1 aromatic rings. The van der Waals surface area contributed by atoms with Crippen molar-refractivity contribution >= 4 is 29.7 Å². The quantitative estimate of drug-likeness (QED) is 0.560. The van der Waals surface area contributed by atoms with Crippen LogP contribution >= 0.6 is 11.8 Å². The van der Waals surface area contributed by atoms with Crippen LogP contribution in [0.25, 0.3) is 0 Å². The zero-order chi connectivity index (χ0) is 20.0. The van der Waals surface area contributed by atoms with Gasteiger partial charge in [-0.3, -0.25) is 14.4 Å². The molecule has 1 saturated heterocycles. The summed E-state index contributed by atoms with van der Waals surface area (Å²) in [6.07, 6.45) is -4.23. The summed E-state index contributed by atoms with van der Waals surface area (Å²) in [6, 6.07) is 9.20. The molecule has 9 heteroatoms. The molecule has 8 nitrogen and oxygen atoms in total. The van der Waals surface area contributed by atoms with E-state index in [1.807, 2.05) is 30.3 Å². The third-order valence-corrected chi connectivity index (χ3v) is 4.83. The van der Waals surface area contributed by atoms with Crippen molar-refractivity contribution in [3.63, 3.8) is 0 Å². The van der Waals surface area contributed by atoms with Gasteiger partial charge in [0.15, 0.2) is 18.3 Å². The van der Waals surface area contributed by atoms with Crippen molar-refractivity contribution < 1.29 is 38.4 Å². The number of rotatable bonds is 6. The van der Waals surface area contributed by atoms with Crippen LogP contribution in [0.1, 0.15) is 20.8 Å². The van der Waals surface area contributed by atoms with E-state index >= 15 is 0 Å². The van der Waals surface area contributed by atoms with Crippen LogP contribution in [-0.2, 0) is 33.3 Å². The van der Waals surface area contributed by atoms with Gasteiger partial charge in [-0.05, 0) is 12.1 Å². The smallest absolute Gasteiger partial charge is 0.303 e. The van der Waals surface area contributed by atoms with Crippen molar-refractivity contribution in [1.82, 2.24) is 0 Å². The van der Waals surface area contributed by atoms with Crippen molar-refractivity contribution in [1.29, 1.82) is 0 Å². The van der Waals surface area contributed by atoms with Gasteiger partial charge in [0.25, 0.3) is 0 Å². The lowest BCUT2D eigenvalue weighted by Gasteiger charge is -2.43. The van der Waals surface area contributed by atoms with Gasteiger partial charge >= 0.3 is 17.9 Å². The first-order valence-corrected chi connectivity index (χ1v) is 9.19. The van der Waals surface area contributed by atoms with Gasteiger partial charge in [0, 0.05) is 25.7 Å². The van der Waals surface area contributed by atoms with E-state index in [4.69, 9.17) is 18.9 Å². The van der Waals surface area contributed by atoms with Gasteiger partial charge in [-0.15, -0.1) is 0 Å². The molecule has 1 fully saturated rings. The maximum absolute atomic E-state index is 11.6. The fourth-order valence-corrected chi connectivity index (χ4v) is 3.86. The lowest BCUT2D eigenvalue weighted by Crippen LogP contribution is -2.61. The van der Waals surface area contributed by atoms with Crippen molar-refractivity contribution in [2.45, 2.75) is 55.5 Å². The minimum Gasteiger partial charge on any atom is -0.456 e. The highest BCUT2D eigenvalue weighted by Crippen LogP contribution is 2.37. The predicted molar refractivity (Wildman–Crippen MR) is 94.7 cm³/mol. The molecule has 0 aliphatic carbocycles. The molecule has 148 valence electrons. The van der Waals surface area contributed by atoms with Gasteiger partial charge in [-0.2, -0.15) is 0 Å². The van der Waals surface area contributed by atoms with Gasteiger partial charge in [0.2, 0.25) is 0 Å². The second-order valence-corrected chi connectivity index (χ2v) is 7.05. The SMILES string of the molecule is CC(=O)O[C@@H]1[C@@H](OC(C)=O)[C@H](Sc2ccccc2)O[C@H](CO)[C@H]1OC(C)=O. The molecule has 0 saturated carbocycles. The van der Waals surface area contributed by atoms with Crippen LogP contribution in [0, 0.1) is 0 Å².